The molecule has 4 heteroatoms. The second kappa shape index (κ2) is 5.30. The van der Waals surface area contributed by atoms with Gasteiger partial charge in [0.05, 0.1) is 5.56 Å². The molecule has 1 aromatic rings. The Morgan fingerprint density at radius 3 is 2.38 bits per heavy atom. The average molecular weight is 224 g/mol. The third kappa shape index (κ3) is 2.59. The van der Waals surface area contributed by atoms with E-state index in [4.69, 9.17) is 0 Å². The highest BCUT2D eigenvalue weighted by molar-refractivity contribution is 5.65. The molecule has 0 aliphatic carbocycles. The van der Waals surface area contributed by atoms with Crippen molar-refractivity contribution in [3.63, 3.8) is 0 Å². The van der Waals surface area contributed by atoms with E-state index >= 15 is 0 Å². The normalized spacial score (nSPS) is 9.69. The summed E-state index contributed by atoms with van der Waals surface area (Å²) in [5.74, 6) is -1.29. The molecule has 0 saturated carbocycles. The van der Waals surface area contributed by atoms with Gasteiger partial charge in [-0.1, -0.05) is 12.7 Å². The highest BCUT2D eigenvalue weighted by Gasteiger charge is 2.13. The fourth-order valence-corrected chi connectivity index (χ4v) is 1.29. The van der Waals surface area contributed by atoms with Gasteiger partial charge in [0, 0.05) is 25.0 Å². The summed E-state index contributed by atoms with van der Waals surface area (Å²) < 4.78 is 27.1. The van der Waals surface area contributed by atoms with Gasteiger partial charge in [-0.25, -0.2) is 8.78 Å². The molecule has 0 aliphatic rings. The Kier molecular flexibility index (Phi) is 4.05. The highest BCUT2D eigenvalue weighted by Crippen LogP contribution is 2.22. The first-order valence-corrected chi connectivity index (χ1v) is 4.81. The SMILES string of the molecule is C=CCNC(=C)c1c(F)cc(NC)cc1F. The van der Waals surface area contributed by atoms with Crippen molar-refractivity contribution in [3.05, 3.63) is 48.6 Å². The summed E-state index contributed by atoms with van der Waals surface area (Å²) in [4.78, 5) is 0. The summed E-state index contributed by atoms with van der Waals surface area (Å²) in [7, 11) is 1.60. The van der Waals surface area contributed by atoms with Gasteiger partial charge in [-0.3, -0.25) is 0 Å². The topological polar surface area (TPSA) is 24.1 Å². The van der Waals surface area contributed by atoms with E-state index in [1.54, 1.807) is 13.1 Å². The van der Waals surface area contributed by atoms with E-state index in [9.17, 15) is 8.78 Å². The Bertz CT molecular complexity index is 390. The lowest BCUT2D eigenvalue weighted by Crippen LogP contribution is -2.13. The van der Waals surface area contributed by atoms with E-state index in [1.807, 2.05) is 0 Å². The standard InChI is InChI=1S/C12H14F2N2/c1-4-5-16-8(2)12-10(13)6-9(15-3)7-11(12)14/h4,6-7,15-16H,1-2,5H2,3H3. The molecule has 16 heavy (non-hydrogen) atoms. The molecular formula is C12H14F2N2. The summed E-state index contributed by atoms with van der Waals surface area (Å²) in [5.41, 5.74) is 0.452. The van der Waals surface area contributed by atoms with Crippen molar-refractivity contribution in [2.24, 2.45) is 0 Å². The van der Waals surface area contributed by atoms with Crippen LogP contribution in [0.15, 0.2) is 31.4 Å². The van der Waals surface area contributed by atoms with Crippen LogP contribution in [0.1, 0.15) is 5.56 Å². The number of hydrogen-bond acceptors (Lipinski definition) is 2. The predicted octanol–water partition coefficient (Wildman–Crippen LogP) is 2.75. The second-order valence-corrected chi connectivity index (χ2v) is 3.21. The zero-order valence-corrected chi connectivity index (χ0v) is 9.11. The highest BCUT2D eigenvalue weighted by atomic mass is 19.1. The third-order valence-electron chi connectivity index (χ3n) is 2.09. The largest absolute Gasteiger partial charge is 0.388 e. The van der Waals surface area contributed by atoms with Crippen LogP contribution in [0.4, 0.5) is 14.5 Å². The van der Waals surface area contributed by atoms with Crippen molar-refractivity contribution < 1.29 is 8.78 Å². The minimum atomic E-state index is -0.647. The summed E-state index contributed by atoms with van der Waals surface area (Å²) in [6.07, 6.45) is 1.59. The van der Waals surface area contributed by atoms with Crippen molar-refractivity contribution in [1.29, 1.82) is 0 Å². The van der Waals surface area contributed by atoms with E-state index in [0.29, 0.717) is 12.2 Å². The summed E-state index contributed by atoms with van der Waals surface area (Å²) in [5, 5.41) is 5.43. The summed E-state index contributed by atoms with van der Waals surface area (Å²) >= 11 is 0. The van der Waals surface area contributed by atoms with E-state index in [1.165, 1.54) is 12.1 Å². The van der Waals surface area contributed by atoms with Crippen molar-refractivity contribution in [2.75, 3.05) is 18.9 Å². The molecule has 0 radical (unpaired) electrons. The van der Waals surface area contributed by atoms with E-state index in [0.717, 1.165) is 0 Å². The van der Waals surface area contributed by atoms with Gasteiger partial charge in [-0.15, -0.1) is 6.58 Å². The minimum absolute atomic E-state index is 0.138. The number of hydrogen-bond donors (Lipinski definition) is 2. The number of nitrogens with one attached hydrogen (secondary N) is 2. The van der Waals surface area contributed by atoms with Gasteiger partial charge in [0.15, 0.2) is 0 Å². The van der Waals surface area contributed by atoms with Gasteiger partial charge in [-0.05, 0) is 12.1 Å². The molecule has 0 heterocycles. The van der Waals surface area contributed by atoms with Crippen molar-refractivity contribution in [1.82, 2.24) is 5.32 Å². The smallest absolute Gasteiger partial charge is 0.137 e. The van der Waals surface area contributed by atoms with Crippen LogP contribution in [0.25, 0.3) is 5.70 Å². The van der Waals surface area contributed by atoms with Gasteiger partial charge in [0.25, 0.3) is 0 Å². The van der Waals surface area contributed by atoms with Crippen LogP contribution < -0.4 is 10.6 Å². The molecule has 0 aromatic heterocycles. The molecule has 0 amide bonds. The molecular weight excluding hydrogens is 210 g/mol. The van der Waals surface area contributed by atoms with Crippen LogP contribution in [0, 0.1) is 11.6 Å². The quantitative estimate of drug-likeness (QED) is 0.751. The van der Waals surface area contributed by atoms with Crippen LogP contribution in [-0.2, 0) is 0 Å². The zero-order chi connectivity index (χ0) is 12.1. The lowest BCUT2D eigenvalue weighted by atomic mass is 10.1. The minimum Gasteiger partial charge on any atom is -0.388 e. The molecule has 0 spiro atoms. The van der Waals surface area contributed by atoms with Gasteiger partial charge in [0.1, 0.15) is 11.6 Å². The van der Waals surface area contributed by atoms with Crippen LogP contribution in [0.5, 0.6) is 0 Å². The average Bonchev–Trinajstić information content (AvgIpc) is 2.25. The van der Waals surface area contributed by atoms with Crippen LogP contribution in [-0.4, -0.2) is 13.6 Å². The first-order valence-electron chi connectivity index (χ1n) is 4.81. The van der Waals surface area contributed by atoms with Crippen LogP contribution >= 0.6 is 0 Å². The Labute approximate surface area is 93.7 Å². The molecule has 2 nitrogen and oxygen atoms in total. The van der Waals surface area contributed by atoms with E-state index in [2.05, 4.69) is 23.8 Å². The summed E-state index contributed by atoms with van der Waals surface area (Å²) in [6.45, 7) is 7.49. The molecule has 2 N–H and O–H groups in total. The molecule has 0 saturated heterocycles. The molecule has 0 aliphatic heterocycles. The molecule has 0 fully saturated rings. The lowest BCUT2D eigenvalue weighted by Gasteiger charge is -2.11. The number of benzene rings is 1. The molecule has 1 rings (SSSR count). The zero-order valence-electron chi connectivity index (χ0n) is 9.11. The molecule has 86 valence electrons. The maximum absolute atomic E-state index is 13.6. The predicted molar refractivity (Wildman–Crippen MR) is 63.1 cm³/mol. The first-order chi connectivity index (χ1) is 7.60. The van der Waals surface area contributed by atoms with Crippen molar-refractivity contribution in [3.8, 4) is 0 Å². The van der Waals surface area contributed by atoms with Crippen LogP contribution in [0.2, 0.25) is 0 Å². The molecule has 0 atom stereocenters. The maximum atomic E-state index is 13.6. The molecule has 1 aromatic carbocycles. The van der Waals surface area contributed by atoms with Crippen molar-refractivity contribution >= 4 is 11.4 Å². The van der Waals surface area contributed by atoms with Crippen molar-refractivity contribution in [2.45, 2.75) is 0 Å². The fraction of sp³-hybridized carbons (Fsp3) is 0.167. The Balaban J connectivity index is 3.04. The molecule has 0 bridgehead atoms. The fourth-order valence-electron chi connectivity index (χ4n) is 1.29. The van der Waals surface area contributed by atoms with Crippen LogP contribution in [0.3, 0.4) is 0 Å². The third-order valence-corrected chi connectivity index (χ3v) is 2.09. The van der Waals surface area contributed by atoms with E-state index in [-0.39, 0.29) is 11.3 Å². The Morgan fingerprint density at radius 2 is 1.94 bits per heavy atom. The van der Waals surface area contributed by atoms with Gasteiger partial charge >= 0.3 is 0 Å². The van der Waals surface area contributed by atoms with Gasteiger partial charge in [-0.2, -0.15) is 0 Å². The maximum Gasteiger partial charge on any atom is 0.137 e. The number of rotatable bonds is 5. The number of anilines is 1. The number of halogens is 2. The van der Waals surface area contributed by atoms with Gasteiger partial charge < -0.3 is 10.6 Å². The Morgan fingerprint density at radius 1 is 1.38 bits per heavy atom. The monoisotopic (exact) mass is 224 g/mol. The first kappa shape index (κ1) is 12.2. The Hall–Kier alpha value is -1.84. The molecule has 0 unspecified atom stereocenters. The van der Waals surface area contributed by atoms with E-state index < -0.39 is 11.6 Å². The second-order valence-electron chi connectivity index (χ2n) is 3.21. The summed E-state index contributed by atoms with van der Waals surface area (Å²) in [6, 6.07) is 2.44. The van der Waals surface area contributed by atoms with Gasteiger partial charge in [0.2, 0.25) is 0 Å². The lowest BCUT2D eigenvalue weighted by molar-refractivity contribution is 0.575.